The minimum Gasteiger partial charge on any atom is -0.387 e. The van der Waals surface area contributed by atoms with Crippen LogP contribution in [0.1, 0.15) is 32.1 Å². The minimum absolute atomic E-state index is 0.651. The van der Waals surface area contributed by atoms with Gasteiger partial charge in [-0.2, -0.15) is 0 Å². The van der Waals surface area contributed by atoms with Gasteiger partial charge in [0.2, 0.25) is 0 Å². The van der Waals surface area contributed by atoms with Crippen molar-refractivity contribution < 1.29 is 5.11 Å². The molecule has 1 radical (unpaired) electrons. The first-order valence-corrected chi connectivity index (χ1v) is 5.72. The molecule has 1 nitrogen and oxygen atoms in total. The molecule has 13 heavy (non-hydrogen) atoms. The largest absolute Gasteiger partial charge is 0.387 e. The fourth-order valence-electron chi connectivity index (χ4n) is 3.61. The van der Waals surface area contributed by atoms with E-state index in [0.29, 0.717) is 11.8 Å². The van der Waals surface area contributed by atoms with Gasteiger partial charge in [-0.3, -0.25) is 0 Å². The molecular weight excluding hydrogens is 207 g/mol. The van der Waals surface area contributed by atoms with E-state index in [2.05, 4.69) is 0 Å². The summed E-state index contributed by atoms with van der Waals surface area (Å²) in [5.41, 5.74) is -0.810. The van der Waals surface area contributed by atoms with E-state index in [1.165, 1.54) is 12.3 Å². The molecule has 2 atom stereocenters. The van der Waals surface area contributed by atoms with Crippen molar-refractivity contribution in [3.63, 3.8) is 0 Å². The highest BCUT2D eigenvalue weighted by molar-refractivity contribution is 6.51. The van der Waals surface area contributed by atoms with Crippen molar-refractivity contribution in [3.8, 4) is 0 Å². The average molecular weight is 220 g/mol. The van der Waals surface area contributed by atoms with Crippen LogP contribution in [-0.2, 0) is 0 Å². The second-order valence-electron chi connectivity index (χ2n) is 4.99. The van der Waals surface area contributed by atoms with Gasteiger partial charge in [0.1, 0.15) is 0 Å². The lowest BCUT2D eigenvalue weighted by Gasteiger charge is -2.60. The summed E-state index contributed by atoms with van der Waals surface area (Å²) in [4.78, 5) is 0. The van der Waals surface area contributed by atoms with Gasteiger partial charge in [0.25, 0.3) is 0 Å². The molecule has 0 heterocycles. The molecule has 1 N–H and O–H groups in total. The van der Waals surface area contributed by atoms with E-state index in [4.69, 9.17) is 23.2 Å². The zero-order valence-corrected chi connectivity index (χ0v) is 8.91. The summed E-state index contributed by atoms with van der Waals surface area (Å²) in [6.45, 7) is 0. The maximum absolute atomic E-state index is 10.3. The standard InChI is InChI=1S/C10H13Cl2O/c11-10(12)8-2-6-1-7(3-8)5-9(10,13)4-6/h6-7,13H,1-5H2. The SMILES string of the molecule is OC12CC3C[C](CC(C3)C1)C2(Cl)Cl. The van der Waals surface area contributed by atoms with Gasteiger partial charge in [0, 0.05) is 5.92 Å². The molecule has 4 aliphatic rings. The molecule has 4 aliphatic carbocycles. The second-order valence-corrected chi connectivity index (χ2v) is 6.32. The number of hydrogen-bond donors (Lipinski definition) is 1. The summed E-state index contributed by atoms with van der Waals surface area (Å²) < 4.78 is -0.944. The fraction of sp³-hybridized carbons (Fsp3) is 0.900. The number of alkyl halides is 2. The average Bonchev–Trinajstić information content (AvgIpc) is 1.99. The number of halogens is 2. The van der Waals surface area contributed by atoms with Crippen LogP contribution in [0, 0.1) is 17.8 Å². The molecule has 4 fully saturated rings. The van der Waals surface area contributed by atoms with Gasteiger partial charge < -0.3 is 5.11 Å². The van der Waals surface area contributed by atoms with Crippen LogP contribution in [0.4, 0.5) is 0 Å². The van der Waals surface area contributed by atoms with Crippen molar-refractivity contribution in [1.82, 2.24) is 0 Å². The zero-order valence-electron chi connectivity index (χ0n) is 7.39. The van der Waals surface area contributed by atoms with Crippen LogP contribution >= 0.6 is 23.2 Å². The predicted octanol–water partition coefficient (Wildman–Crippen LogP) is 2.69. The van der Waals surface area contributed by atoms with Crippen molar-refractivity contribution in [1.29, 1.82) is 0 Å². The van der Waals surface area contributed by atoms with Crippen molar-refractivity contribution in [2.24, 2.45) is 11.8 Å². The highest BCUT2D eigenvalue weighted by atomic mass is 35.5. The van der Waals surface area contributed by atoms with E-state index in [9.17, 15) is 5.11 Å². The summed E-state index contributed by atoms with van der Waals surface area (Å²) in [6, 6.07) is 0. The van der Waals surface area contributed by atoms with E-state index in [-0.39, 0.29) is 0 Å². The molecule has 4 rings (SSSR count). The Balaban J connectivity index is 2.03. The second kappa shape index (κ2) is 2.37. The van der Waals surface area contributed by atoms with Crippen molar-refractivity contribution in [2.45, 2.75) is 42.0 Å². The Morgan fingerprint density at radius 1 is 1.15 bits per heavy atom. The molecular formula is C10H13Cl2O. The summed E-state index contributed by atoms with van der Waals surface area (Å²) in [6.07, 6.45) is 4.98. The lowest BCUT2D eigenvalue weighted by molar-refractivity contribution is -0.0927. The summed E-state index contributed by atoms with van der Waals surface area (Å²) in [5.74, 6) is 2.49. The molecule has 0 aliphatic heterocycles. The van der Waals surface area contributed by atoms with Crippen LogP contribution in [0.5, 0.6) is 0 Å². The van der Waals surface area contributed by atoms with E-state index in [0.717, 1.165) is 25.7 Å². The number of aliphatic hydroxyl groups is 1. The van der Waals surface area contributed by atoms with E-state index >= 15 is 0 Å². The van der Waals surface area contributed by atoms with Gasteiger partial charge in [0.15, 0.2) is 4.33 Å². The smallest absolute Gasteiger partial charge is 0.152 e. The van der Waals surface area contributed by atoms with E-state index in [1.807, 2.05) is 0 Å². The van der Waals surface area contributed by atoms with Crippen LogP contribution in [0.2, 0.25) is 0 Å². The maximum Gasteiger partial charge on any atom is 0.152 e. The third-order valence-electron chi connectivity index (χ3n) is 4.02. The summed E-state index contributed by atoms with van der Waals surface area (Å²) in [7, 11) is 0. The first-order valence-electron chi connectivity index (χ1n) is 4.97. The Labute approximate surface area is 88.4 Å². The van der Waals surface area contributed by atoms with E-state index in [1.54, 1.807) is 0 Å². The molecule has 4 saturated carbocycles. The Morgan fingerprint density at radius 2 is 1.69 bits per heavy atom. The Hall–Kier alpha value is 0.540. The molecule has 0 amide bonds. The number of hydrogen-bond acceptors (Lipinski definition) is 1. The molecule has 3 heteroatoms. The predicted molar refractivity (Wildman–Crippen MR) is 52.7 cm³/mol. The molecule has 0 aromatic heterocycles. The normalized spacial score (nSPS) is 52.8. The molecule has 0 aromatic carbocycles. The van der Waals surface area contributed by atoms with Crippen LogP contribution in [0.25, 0.3) is 0 Å². The highest BCUT2D eigenvalue weighted by Gasteiger charge is 2.64. The Bertz CT molecular complexity index is 237. The molecule has 0 saturated heterocycles. The molecule has 2 unspecified atom stereocenters. The summed E-state index contributed by atoms with van der Waals surface area (Å²) in [5, 5.41) is 10.3. The molecule has 4 bridgehead atoms. The zero-order chi connectivity index (χ0) is 9.27. The third-order valence-corrected chi connectivity index (χ3v) is 5.26. The topological polar surface area (TPSA) is 20.2 Å². The molecule has 0 aromatic rings. The lowest BCUT2D eigenvalue weighted by atomic mass is 9.54. The third kappa shape index (κ3) is 0.989. The number of rotatable bonds is 0. The Kier molecular flexibility index (Phi) is 1.61. The fourth-order valence-corrected chi connectivity index (χ4v) is 4.23. The van der Waals surface area contributed by atoms with E-state index < -0.39 is 9.93 Å². The van der Waals surface area contributed by atoms with Crippen molar-refractivity contribution in [2.75, 3.05) is 0 Å². The molecule has 0 spiro atoms. The quantitative estimate of drug-likeness (QED) is 0.622. The monoisotopic (exact) mass is 219 g/mol. The Morgan fingerprint density at radius 3 is 2.15 bits per heavy atom. The minimum atomic E-state index is -0.944. The van der Waals surface area contributed by atoms with Gasteiger partial charge in [0.05, 0.1) is 5.60 Å². The van der Waals surface area contributed by atoms with Crippen LogP contribution in [0.15, 0.2) is 0 Å². The van der Waals surface area contributed by atoms with Gasteiger partial charge in [-0.25, -0.2) is 0 Å². The van der Waals surface area contributed by atoms with Gasteiger partial charge in [-0.05, 0) is 43.9 Å². The first-order chi connectivity index (χ1) is 6.01. The summed E-state index contributed by atoms with van der Waals surface area (Å²) >= 11 is 12.5. The van der Waals surface area contributed by atoms with Crippen molar-refractivity contribution in [3.05, 3.63) is 5.92 Å². The van der Waals surface area contributed by atoms with Crippen LogP contribution < -0.4 is 0 Å². The van der Waals surface area contributed by atoms with Gasteiger partial charge >= 0.3 is 0 Å². The van der Waals surface area contributed by atoms with Gasteiger partial charge in [-0.1, -0.05) is 23.2 Å². The maximum atomic E-state index is 10.3. The molecule has 73 valence electrons. The highest BCUT2D eigenvalue weighted by Crippen LogP contribution is 2.65. The lowest BCUT2D eigenvalue weighted by Crippen LogP contribution is -2.62. The van der Waals surface area contributed by atoms with Crippen LogP contribution in [0.3, 0.4) is 0 Å². The van der Waals surface area contributed by atoms with Gasteiger partial charge in [-0.15, -0.1) is 0 Å². The first kappa shape index (κ1) is 8.82. The van der Waals surface area contributed by atoms with Crippen molar-refractivity contribution >= 4 is 23.2 Å². The van der Waals surface area contributed by atoms with Crippen LogP contribution in [-0.4, -0.2) is 15.0 Å².